The van der Waals surface area contributed by atoms with Gasteiger partial charge in [0.15, 0.2) is 5.96 Å². The summed E-state index contributed by atoms with van der Waals surface area (Å²) in [6.07, 6.45) is 5.51. The van der Waals surface area contributed by atoms with Gasteiger partial charge in [0.25, 0.3) is 0 Å². The van der Waals surface area contributed by atoms with Crippen molar-refractivity contribution in [1.29, 1.82) is 0 Å². The van der Waals surface area contributed by atoms with Gasteiger partial charge in [-0.25, -0.2) is 4.99 Å². The molecule has 1 amide bonds. The van der Waals surface area contributed by atoms with E-state index in [9.17, 15) is 4.79 Å². The topological polar surface area (TPSA) is 85.4 Å². The molecule has 0 spiro atoms. The number of aliphatic imine (C=N–C) groups is 1. The van der Waals surface area contributed by atoms with Crippen LogP contribution < -0.4 is 15.5 Å². The summed E-state index contributed by atoms with van der Waals surface area (Å²) >= 11 is 0. The monoisotopic (exact) mass is 382 g/mol. The summed E-state index contributed by atoms with van der Waals surface area (Å²) in [4.78, 5) is 18.4. The summed E-state index contributed by atoms with van der Waals surface area (Å²) in [5, 5.41) is 13.7. The lowest BCUT2D eigenvalue weighted by atomic mass is 10.1. The maximum atomic E-state index is 11.8. The lowest BCUT2D eigenvalue weighted by Crippen LogP contribution is -2.37. The van der Waals surface area contributed by atoms with Gasteiger partial charge in [-0.1, -0.05) is 12.1 Å². The van der Waals surface area contributed by atoms with E-state index in [1.165, 1.54) is 5.56 Å². The first-order chi connectivity index (χ1) is 13.7. The Morgan fingerprint density at radius 1 is 1.29 bits per heavy atom. The molecule has 7 nitrogen and oxygen atoms in total. The van der Waals surface area contributed by atoms with Crippen LogP contribution in [0.5, 0.6) is 0 Å². The first-order valence-electron chi connectivity index (χ1n) is 10.1. The molecule has 2 aromatic rings. The number of benzene rings is 1. The van der Waals surface area contributed by atoms with Crippen molar-refractivity contribution in [1.82, 2.24) is 20.8 Å². The Morgan fingerprint density at radius 3 is 2.75 bits per heavy atom. The zero-order chi connectivity index (χ0) is 19.8. The number of nitrogens with one attached hydrogen (secondary N) is 3. The minimum absolute atomic E-state index is 0.218. The Balaban J connectivity index is 1.49. The number of amides is 1. The summed E-state index contributed by atoms with van der Waals surface area (Å²) in [5.41, 5.74) is 4.51. The van der Waals surface area contributed by atoms with E-state index < -0.39 is 0 Å². The molecule has 1 fully saturated rings. The number of anilines is 1. The predicted molar refractivity (Wildman–Crippen MR) is 112 cm³/mol. The quantitative estimate of drug-likeness (QED) is 0.372. The van der Waals surface area contributed by atoms with Crippen LogP contribution in [-0.2, 0) is 17.8 Å². The van der Waals surface area contributed by atoms with Gasteiger partial charge in [0.05, 0.1) is 12.7 Å². The molecule has 0 bridgehead atoms. The lowest BCUT2D eigenvalue weighted by molar-refractivity contribution is -0.117. The predicted octanol–water partition coefficient (Wildman–Crippen LogP) is 2.53. The van der Waals surface area contributed by atoms with Crippen LogP contribution in [0.25, 0.3) is 0 Å². The van der Waals surface area contributed by atoms with E-state index in [4.69, 9.17) is 0 Å². The van der Waals surface area contributed by atoms with Gasteiger partial charge in [-0.3, -0.25) is 9.89 Å². The van der Waals surface area contributed by atoms with Gasteiger partial charge < -0.3 is 15.5 Å². The maximum Gasteiger partial charge on any atom is 0.227 e. The first kappa shape index (κ1) is 19.9. The third-order valence-corrected chi connectivity index (χ3v) is 4.94. The third kappa shape index (κ3) is 5.34. The second kappa shape index (κ2) is 9.92. The highest BCUT2D eigenvalue weighted by molar-refractivity contribution is 5.95. The van der Waals surface area contributed by atoms with Crippen molar-refractivity contribution < 1.29 is 4.79 Å². The molecule has 7 heteroatoms. The molecule has 3 N–H and O–H groups in total. The van der Waals surface area contributed by atoms with Crippen LogP contribution >= 0.6 is 0 Å². The number of nitrogens with zero attached hydrogens (tertiary/aromatic N) is 3. The van der Waals surface area contributed by atoms with Gasteiger partial charge in [0, 0.05) is 37.4 Å². The van der Waals surface area contributed by atoms with Gasteiger partial charge in [0.2, 0.25) is 5.91 Å². The number of carbonyl (C=O) groups excluding carboxylic acids is 1. The molecule has 1 aliphatic heterocycles. The van der Waals surface area contributed by atoms with Crippen LogP contribution in [0.2, 0.25) is 0 Å². The number of aryl methyl sites for hydroxylation is 2. The molecule has 3 rings (SSSR count). The van der Waals surface area contributed by atoms with Crippen LogP contribution in [0.4, 0.5) is 5.69 Å². The smallest absolute Gasteiger partial charge is 0.227 e. The summed E-state index contributed by atoms with van der Waals surface area (Å²) in [6, 6.07) is 8.13. The summed E-state index contributed by atoms with van der Waals surface area (Å²) in [6.45, 7) is 7.21. The molecule has 0 saturated carbocycles. The fourth-order valence-corrected chi connectivity index (χ4v) is 3.33. The molecule has 0 aliphatic carbocycles. The standard InChI is InChI=1S/C21H30N6O/c1-3-22-21(23-12-4-6-18-15-25-26-16(18)2)24-14-17-8-10-19(11-9-17)27-13-5-7-20(27)28/h8-11,15H,3-7,12-14H2,1-2H3,(H,25,26)(H2,22,23,24). The SMILES string of the molecule is CCNC(=NCc1ccc(N2CCCC2=O)cc1)NCCCc1cn[nH]c1C. The Hall–Kier alpha value is -2.83. The highest BCUT2D eigenvalue weighted by Crippen LogP contribution is 2.21. The minimum atomic E-state index is 0.218. The fraction of sp³-hybridized carbons (Fsp3) is 0.476. The summed E-state index contributed by atoms with van der Waals surface area (Å²) < 4.78 is 0. The van der Waals surface area contributed by atoms with Crippen molar-refractivity contribution in [3.05, 3.63) is 47.3 Å². The Morgan fingerprint density at radius 2 is 2.11 bits per heavy atom. The van der Waals surface area contributed by atoms with Crippen molar-refractivity contribution in [2.75, 3.05) is 24.5 Å². The van der Waals surface area contributed by atoms with E-state index in [0.717, 1.165) is 61.8 Å². The second-order valence-electron chi connectivity index (χ2n) is 7.06. The van der Waals surface area contributed by atoms with E-state index in [1.54, 1.807) is 0 Å². The zero-order valence-corrected chi connectivity index (χ0v) is 16.8. The molecule has 1 saturated heterocycles. The molecule has 0 radical (unpaired) electrons. The van der Waals surface area contributed by atoms with Gasteiger partial charge in [-0.05, 0) is 56.4 Å². The van der Waals surface area contributed by atoms with Gasteiger partial charge in [-0.15, -0.1) is 0 Å². The van der Waals surface area contributed by atoms with Crippen LogP contribution in [0.3, 0.4) is 0 Å². The van der Waals surface area contributed by atoms with Gasteiger partial charge in [-0.2, -0.15) is 5.10 Å². The molecular formula is C21H30N6O. The van der Waals surface area contributed by atoms with Crippen molar-refractivity contribution in [2.24, 2.45) is 4.99 Å². The van der Waals surface area contributed by atoms with E-state index >= 15 is 0 Å². The van der Waals surface area contributed by atoms with Crippen molar-refractivity contribution in [3.63, 3.8) is 0 Å². The largest absolute Gasteiger partial charge is 0.357 e. The molecule has 28 heavy (non-hydrogen) atoms. The van der Waals surface area contributed by atoms with E-state index in [-0.39, 0.29) is 5.91 Å². The Kier molecular flexibility index (Phi) is 7.06. The normalized spacial score (nSPS) is 14.6. The van der Waals surface area contributed by atoms with E-state index in [2.05, 4.69) is 44.9 Å². The number of rotatable bonds is 8. The molecule has 1 aromatic carbocycles. The second-order valence-corrected chi connectivity index (χ2v) is 7.06. The van der Waals surface area contributed by atoms with Crippen molar-refractivity contribution in [2.45, 2.75) is 46.1 Å². The number of guanidine groups is 1. The van der Waals surface area contributed by atoms with E-state index in [1.807, 2.05) is 30.2 Å². The molecule has 150 valence electrons. The molecule has 2 heterocycles. The van der Waals surface area contributed by atoms with Crippen molar-refractivity contribution in [3.8, 4) is 0 Å². The Labute approximate surface area is 166 Å². The maximum absolute atomic E-state index is 11.8. The first-order valence-corrected chi connectivity index (χ1v) is 10.1. The molecule has 1 aromatic heterocycles. The molecule has 0 unspecified atom stereocenters. The van der Waals surface area contributed by atoms with Gasteiger partial charge >= 0.3 is 0 Å². The average molecular weight is 383 g/mol. The van der Waals surface area contributed by atoms with Crippen LogP contribution in [0, 0.1) is 6.92 Å². The molecule has 0 atom stereocenters. The van der Waals surface area contributed by atoms with Crippen LogP contribution in [-0.4, -0.2) is 41.7 Å². The number of hydrogen-bond acceptors (Lipinski definition) is 3. The number of aromatic amines is 1. The van der Waals surface area contributed by atoms with E-state index in [0.29, 0.717) is 13.0 Å². The third-order valence-electron chi connectivity index (χ3n) is 4.94. The summed E-state index contributed by atoms with van der Waals surface area (Å²) in [7, 11) is 0. The van der Waals surface area contributed by atoms with Crippen molar-refractivity contribution >= 4 is 17.6 Å². The zero-order valence-electron chi connectivity index (χ0n) is 16.8. The highest BCUT2D eigenvalue weighted by Gasteiger charge is 2.21. The summed E-state index contributed by atoms with van der Waals surface area (Å²) in [5.74, 6) is 1.04. The molecular weight excluding hydrogens is 352 g/mol. The fourth-order valence-electron chi connectivity index (χ4n) is 3.33. The highest BCUT2D eigenvalue weighted by atomic mass is 16.2. The Bertz CT molecular complexity index is 795. The molecule has 1 aliphatic rings. The number of hydrogen-bond donors (Lipinski definition) is 3. The number of carbonyl (C=O) groups is 1. The van der Waals surface area contributed by atoms with Gasteiger partial charge in [0.1, 0.15) is 0 Å². The number of aromatic nitrogens is 2. The number of H-pyrrole nitrogens is 1. The van der Waals surface area contributed by atoms with Crippen LogP contribution in [0.15, 0.2) is 35.5 Å². The minimum Gasteiger partial charge on any atom is -0.357 e. The lowest BCUT2D eigenvalue weighted by Gasteiger charge is -2.16. The van der Waals surface area contributed by atoms with Crippen LogP contribution in [0.1, 0.15) is 43.0 Å². The average Bonchev–Trinajstić information content (AvgIpc) is 3.31.